The Kier molecular flexibility index (Phi) is 3.94. The molecule has 5 nitrogen and oxygen atoms in total. The molecule has 0 unspecified atom stereocenters. The number of hydrogen-bond acceptors (Lipinski definition) is 4. The van der Waals surface area contributed by atoms with Gasteiger partial charge in [-0.3, -0.25) is 9.55 Å². The number of aryl methyl sites for hydroxylation is 2. The molecular formula is C14H18N4O. The van der Waals surface area contributed by atoms with Gasteiger partial charge in [-0.1, -0.05) is 0 Å². The minimum absolute atomic E-state index is 0.229. The number of rotatable bonds is 4. The van der Waals surface area contributed by atoms with Gasteiger partial charge in [0.1, 0.15) is 0 Å². The molecule has 0 amide bonds. The van der Waals surface area contributed by atoms with Gasteiger partial charge in [0.25, 0.3) is 0 Å². The summed E-state index contributed by atoms with van der Waals surface area (Å²) in [6, 6.07) is 5.76. The van der Waals surface area contributed by atoms with E-state index in [-0.39, 0.29) is 5.69 Å². The maximum atomic E-state index is 11.9. The van der Waals surface area contributed by atoms with Crippen LogP contribution in [-0.4, -0.2) is 21.1 Å². The predicted octanol–water partition coefficient (Wildman–Crippen LogP) is 1.74. The van der Waals surface area contributed by atoms with Gasteiger partial charge >= 0.3 is 5.69 Å². The largest absolute Gasteiger partial charge is 0.385 e. The standard InChI is InChI=1S/C14H18N4O/c1-4-15-12-5-6-16-13(8-12)9-18-11(3)7-10(2)17-14(18)19/h5-8H,4,9H2,1-3H3,(H,15,16). The molecule has 0 saturated heterocycles. The van der Waals surface area contributed by atoms with Crippen molar-refractivity contribution in [3.8, 4) is 0 Å². The summed E-state index contributed by atoms with van der Waals surface area (Å²) in [7, 11) is 0. The highest BCUT2D eigenvalue weighted by atomic mass is 16.1. The maximum absolute atomic E-state index is 11.9. The van der Waals surface area contributed by atoms with Crippen molar-refractivity contribution in [1.82, 2.24) is 14.5 Å². The van der Waals surface area contributed by atoms with Crippen LogP contribution in [0.15, 0.2) is 29.2 Å². The summed E-state index contributed by atoms with van der Waals surface area (Å²) >= 11 is 0. The Morgan fingerprint density at radius 2 is 2.11 bits per heavy atom. The molecule has 0 atom stereocenters. The predicted molar refractivity (Wildman–Crippen MR) is 75.5 cm³/mol. The van der Waals surface area contributed by atoms with E-state index in [1.54, 1.807) is 10.8 Å². The first-order chi connectivity index (χ1) is 9.10. The average molecular weight is 258 g/mol. The number of anilines is 1. The van der Waals surface area contributed by atoms with E-state index in [2.05, 4.69) is 15.3 Å². The first-order valence-corrected chi connectivity index (χ1v) is 6.34. The Morgan fingerprint density at radius 3 is 2.79 bits per heavy atom. The molecule has 2 aromatic heterocycles. The zero-order valence-electron chi connectivity index (χ0n) is 11.5. The lowest BCUT2D eigenvalue weighted by molar-refractivity contribution is 0.681. The summed E-state index contributed by atoms with van der Waals surface area (Å²) in [6.45, 7) is 7.07. The second kappa shape index (κ2) is 5.65. The van der Waals surface area contributed by atoms with Crippen molar-refractivity contribution in [2.45, 2.75) is 27.3 Å². The third-order valence-corrected chi connectivity index (χ3v) is 2.86. The zero-order chi connectivity index (χ0) is 13.8. The van der Waals surface area contributed by atoms with Gasteiger partial charge in [0.15, 0.2) is 0 Å². The Labute approximate surface area is 112 Å². The molecule has 0 radical (unpaired) electrons. The molecule has 0 aliphatic heterocycles. The molecule has 0 aliphatic rings. The van der Waals surface area contributed by atoms with Crippen molar-refractivity contribution in [2.24, 2.45) is 0 Å². The minimum Gasteiger partial charge on any atom is -0.385 e. The lowest BCUT2D eigenvalue weighted by atomic mass is 10.3. The van der Waals surface area contributed by atoms with Crippen molar-refractivity contribution in [2.75, 3.05) is 11.9 Å². The number of hydrogen-bond donors (Lipinski definition) is 1. The summed E-state index contributed by atoms with van der Waals surface area (Å²) in [6.07, 6.45) is 1.75. The molecule has 2 aromatic rings. The van der Waals surface area contributed by atoms with E-state index in [0.29, 0.717) is 6.54 Å². The highest BCUT2D eigenvalue weighted by Crippen LogP contribution is 2.09. The highest BCUT2D eigenvalue weighted by Gasteiger charge is 2.05. The molecule has 0 bridgehead atoms. The van der Waals surface area contributed by atoms with E-state index in [9.17, 15) is 4.79 Å². The minimum atomic E-state index is -0.229. The molecule has 2 rings (SSSR count). The Hall–Kier alpha value is -2.17. The topological polar surface area (TPSA) is 59.8 Å². The van der Waals surface area contributed by atoms with Crippen LogP contribution >= 0.6 is 0 Å². The second-order valence-corrected chi connectivity index (χ2v) is 4.47. The fraction of sp³-hybridized carbons (Fsp3) is 0.357. The third kappa shape index (κ3) is 3.19. The van der Waals surface area contributed by atoms with E-state index >= 15 is 0 Å². The molecule has 19 heavy (non-hydrogen) atoms. The fourth-order valence-corrected chi connectivity index (χ4v) is 2.01. The maximum Gasteiger partial charge on any atom is 0.348 e. The van der Waals surface area contributed by atoms with E-state index in [1.807, 2.05) is 39.0 Å². The quantitative estimate of drug-likeness (QED) is 0.907. The number of pyridine rings is 1. The van der Waals surface area contributed by atoms with Gasteiger partial charge < -0.3 is 5.32 Å². The zero-order valence-corrected chi connectivity index (χ0v) is 11.5. The van der Waals surface area contributed by atoms with E-state index in [1.165, 1.54) is 0 Å². The number of aromatic nitrogens is 3. The van der Waals surface area contributed by atoms with Crippen molar-refractivity contribution >= 4 is 5.69 Å². The van der Waals surface area contributed by atoms with Crippen molar-refractivity contribution < 1.29 is 0 Å². The first kappa shape index (κ1) is 13.3. The normalized spacial score (nSPS) is 10.5. The molecule has 100 valence electrons. The van der Waals surface area contributed by atoms with Crippen LogP contribution in [0.3, 0.4) is 0 Å². The van der Waals surface area contributed by atoms with Crippen LogP contribution in [-0.2, 0) is 6.54 Å². The van der Waals surface area contributed by atoms with Crippen LogP contribution in [0, 0.1) is 13.8 Å². The van der Waals surface area contributed by atoms with E-state index in [4.69, 9.17) is 0 Å². The summed E-state index contributed by atoms with van der Waals surface area (Å²) in [5.41, 5.74) is 3.27. The Morgan fingerprint density at radius 1 is 1.32 bits per heavy atom. The highest BCUT2D eigenvalue weighted by molar-refractivity contribution is 5.43. The van der Waals surface area contributed by atoms with Gasteiger partial charge in [0, 0.05) is 29.8 Å². The van der Waals surface area contributed by atoms with Gasteiger partial charge in [0.2, 0.25) is 0 Å². The average Bonchev–Trinajstić information content (AvgIpc) is 2.35. The van der Waals surface area contributed by atoms with Crippen molar-refractivity contribution in [3.63, 3.8) is 0 Å². The third-order valence-electron chi connectivity index (χ3n) is 2.86. The van der Waals surface area contributed by atoms with Crippen LogP contribution in [0.5, 0.6) is 0 Å². The number of nitrogens with one attached hydrogen (secondary N) is 1. The first-order valence-electron chi connectivity index (χ1n) is 6.34. The smallest absolute Gasteiger partial charge is 0.348 e. The van der Waals surface area contributed by atoms with Gasteiger partial charge in [-0.05, 0) is 39.0 Å². The molecule has 0 saturated carbocycles. The summed E-state index contributed by atoms with van der Waals surface area (Å²) in [5.74, 6) is 0. The van der Waals surface area contributed by atoms with Crippen LogP contribution in [0.4, 0.5) is 5.69 Å². The van der Waals surface area contributed by atoms with Gasteiger partial charge in [-0.25, -0.2) is 4.79 Å². The summed E-state index contributed by atoms with van der Waals surface area (Å²) in [5, 5.41) is 3.23. The van der Waals surface area contributed by atoms with Crippen molar-refractivity contribution in [1.29, 1.82) is 0 Å². The fourth-order valence-electron chi connectivity index (χ4n) is 2.01. The van der Waals surface area contributed by atoms with Crippen LogP contribution in [0.2, 0.25) is 0 Å². The molecule has 0 aromatic carbocycles. The van der Waals surface area contributed by atoms with Crippen molar-refractivity contribution in [3.05, 3.63) is 52.0 Å². The summed E-state index contributed by atoms with van der Waals surface area (Å²) < 4.78 is 1.63. The molecule has 1 N–H and O–H groups in total. The van der Waals surface area contributed by atoms with E-state index < -0.39 is 0 Å². The van der Waals surface area contributed by atoms with E-state index in [0.717, 1.165) is 29.3 Å². The molecule has 0 fully saturated rings. The second-order valence-electron chi connectivity index (χ2n) is 4.47. The SMILES string of the molecule is CCNc1ccnc(Cn2c(C)cc(C)nc2=O)c1. The monoisotopic (exact) mass is 258 g/mol. The van der Waals surface area contributed by atoms with Gasteiger partial charge in [-0.2, -0.15) is 4.98 Å². The molecule has 0 aliphatic carbocycles. The molecular weight excluding hydrogens is 240 g/mol. The number of nitrogens with zero attached hydrogens (tertiary/aromatic N) is 3. The molecule has 5 heteroatoms. The lowest BCUT2D eigenvalue weighted by Gasteiger charge is -2.10. The Bertz CT molecular complexity index is 634. The van der Waals surface area contributed by atoms with Gasteiger partial charge in [-0.15, -0.1) is 0 Å². The molecule has 2 heterocycles. The van der Waals surface area contributed by atoms with Crippen LogP contribution in [0.1, 0.15) is 24.0 Å². The molecule has 0 spiro atoms. The Balaban J connectivity index is 2.31. The van der Waals surface area contributed by atoms with Crippen LogP contribution in [0.25, 0.3) is 0 Å². The summed E-state index contributed by atoms with van der Waals surface area (Å²) in [4.78, 5) is 20.1. The lowest BCUT2D eigenvalue weighted by Crippen LogP contribution is -2.26. The van der Waals surface area contributed by atoms with Crippen LogP contribution < -0.4 is 11.0 Å². The van der Waals surface area contributed by atoms with Gasteiger partial charge in [0.05, 0.1) is 12.2 Å².